The molecule has 0 unspecified atom stereocenters. The Morgan fingerprint density at radius 3 is 3.00 bits per heavy atom. The van der Waals surface area contributed by atoms with Crippen LogP contribution in [0.5, 0.6) is 0 Å². The fraction of sp³-hybridized carbons (Fsp3) is 0.333. The number of hydrogen-bond donors (Lipinski definition) is 0. The molecule has 0 aromatic carbocycles. The average molecular weight is 112 g/mol. The number of ether oxygens (including phenoxy) is 2. The van der Waals surface area contributed by atoms with Crippen molar-refractivity contribution in [3.63, 3.8) is 0 Å². The summed E-state index contributed by atoms with van der Waals surface area (Å²) in [6.45, 7) is 0.625. The zero-order chi connectivity index (χ0) is 5.82. The van der Waals surface area contributed by atoms with Crippen LogP contribution in [0.3, 0.4) is 0 Å². The van der Waals surface area contributed by atoms with Crippen molar-refractivity contribution in [1.29, 1.82) is 0 Å². The van der Waals surface area contributed by atoms with Gasteiger partial charge in [0.15, 0.2) is 0 Å². The van der Waals surface area contributed by atoms with Gasteiger partial charge in [0, 0.05) is 6.08 Å². The predicted molar refractivity (Wildman–Crippen MR) is 30.2 cm³/mol. The van der Waals surface area contributed by atoms with Crippen LogP contribution in [0.25, 0.3) is 0 Å². The first-order valence-corrected chi connectivity index (χ1v) is 2.46. The van der Waals surface area contributed by atoms with Crippen LogP contribution in [0.1, 0.15) is 0 Å². The number of hydrogen-bond acceptors (Lipinski definition) is 2. The van der Waals surface area contributed by atoms with Crippen LogP contribution in [0.2, 0.25) is 0 Å². The van der Waals surface area contributed by atoms with Gasteiger partial charge in [-0.15, -0.1) is 0 Å². The third kappa shape index (κ3) is 1.03. The molecule has 0 aromatic heterocycles. The highest BCUT2D eigenvalue weighted by molar-refractivity contribution is 5.12. The van der Waals surface area contributed by atoms with Gasteiger partial charge in [0.1, 0.15) is 12.4 Å². The molecule has 1 aliphatic heterocycles. The van der Waals surface area contributed by atoms with E-state index in [1.54, 1.807) is 19.4 Å². The second kappa shape index (κ2) is 2.40. The van der Waals surface area contributed by atoms with E-state index in [-0.39, 0.29) is 0 Å². The van der Waals surface area contributed by atoms with Gasteiger partial charge in [-0.1, -0.05) is 0 Å². The Labute approximate surface area is 48.4 Å². The van der Waals surface area contributed by atoms with E-state index in [9.17, 15) is 0 Å². The Hall–Kier alpha value is -0.920. The van der Waals surface area contributed by atoms with E-state index in [1.807, 2.05) is 6.08 Å². The summed E-state index contributed by atoms with van der Waals surface area (Å²) in [5, 5.41) is 0. The average Bonchev–Trinajstić information content (AvgIpc) is 1.90. The van der Waals surface area contributed by atoms with E-state index < -0.39 is 0 Å². The van der Waals surface area contributed by atoms with Gasteiger partial charge in [-0.3, -0.25) is 0 Å². The van der Waals surface area contributed by atoms with Crippen molar-refractivity contribution in [2.24, 2.45) is 0 Å². The highest BCUT2D eigenvalue weighted by atomic mass is 16.5. The van der Waals surface area contributed by atoms with Gasteiger partial charge in [-0.2, -0.15) is 0 Å². The maximum atomic E-state index is 4.89. The zero-order valence-electron chi connectivity index (χ0n) is 4.76. The molecule has 0 spiro atoms. The highest BCUT2D eigenvalue weighted by Gasteiger charge is 1.92. The highest BCUT2D eigenvalue weighted by Crippen LogP contribution is 2.02. The summed E-state index contributed by atoms with van der Waals surface area (Å²) < 4.78 is 9.75. The van der Waals surface area contributed by atoms with Crippen LogP contribution < -0.4 is 0 Å². The van der Waals surface area contributed by atoms with E-state index in [0.717, 1.165) is 5.76 Å². The van der Waals surface area contributed by atoms with Crippen LogP contribution >= 0.6 is 0 Å². The van der Waals surface area contributed by atoms with Gasteiger partial charge >= 0.3 is 0 Å². The fourth-order valence-corrected chi connectivity index (χ4v) is 0.520. The summed E-state index contributed by atoms with van der Waals surface area (Å²) in [6, 6.07) is 0. The van der Waals surface area contributed by atoms with Crippen LogP contribution in [0, 0.1) is 0 Å². The minimum atomic E-state index is 0.625. The molecule has 0 atom stereocenters. The third-order valence-electron chi connectivity index (χ3n) is 0.945. The van der Waals surface area contributed by atoms with Gasteiger partial charge in [0.25, 0.3) is 0 Å². The molecule has 8 heavy (non-hydrogen) atoms. The summed E-state index contributed by atoms with van der Waals surface area (Å²) in [6.07, 6.45) is 5.28. The molecule has 2 nitrogen and oxygen atoms in total. The standard InChI is InChI=1S/C6H8O2/c1-7-6-2-4-8-5-3-6/h2-4H,5H2,1H3. The number of rotatable bonds is 1. The third-order valence-corrected chi connectivity index (χ3v) is 0.945. The molecular weight excluding hydrogens is 104 g/mol. The van der Waals surface area contributed by atoms with E-state index in [2.05, 4.69) is 0 Å². The maximum Gasteiger partial charge on any atom is 0.121 e. The Bertz CT molecular complexity index is 124. The molecule has 1 rings (SSSR count). The quantitative estimate of drug-likeness (QED) is 0.505. The van der Waals surface area contributed by atoms with Crippen molar-refractivity contribution < 1.29 is 9.47 Å². The van der Waals surface area contributed by atoms with E-state index in [0.29, 0.717) is 6.61 Å². The summed E-state index contributed by atoms with van der Waals surface area (Å²) >= 11 is 0. The van der Waals surface area contributed by atoms with Gasteiger partial charge in [-0.25, -0.2) is 0 Å². The first kappa shape index (κ1) is 5.22. The molecule has 1 aliphatic rings. The second-order valence-corrected chi connectivity index (χ2v) is 1.45. The topological polar surface area (TPSA) is 18.5 Å². The lowest BCUT2D eigenvalue weighted by molar-refractivity contribution is 0.250. The Morgan fingerprint density at radius 1 is 1.75 bits per heavy atom. The molecule has 44 valence electrons. The molecule has 0 aliphatic carbocycles. The Balaban J connectivity index is 2.51. The zero-order valence-corrected chi connectivity index (χ0v) is 4.76. The summed E-state index contributed by atoms with van der Waals surface area (Å²) in [4.78, 5) is 0. The maximum absolute atomic E-state index is 4.89. The summed E-state index contributed by atoms with van der Waals surface area (Å²) in [7, 11) is 1.64. The predicted octanol–water partition coefficient (Wildman–Crippen LogP) is 1.06. The van der Waals surface area contributed by atoms with Gasteiger partial charge in [0.2, 0.25) is 0 Å². The molecule has 0 bridgehead atoms. The van der Waals surface area contributed by atoms with E-state index in [4.69, 9.17) is 9.47 Å². The first-order chi connectivity index (χ1) is 3.93. The second-order valence-electron chi connectivity index (χ2n) is 1.45. The van der Waals surface area contributed by atoms with Crippen molar-refractivity contribution in [2.45, 2.75) is 0 Å². The van der Waals surface area contributed by atoms with Crippen molar-refractivity contribution in [1.82, 2.24) is 0 Å². The van der Waals surface area contributed by atoms with Crippen LogP contribution in [0.4, 0.5) is 0 Å². The minimum absolute atomic E-state index is 0.625. The molecule has 0 saturated heterocycles. The van der Waals surface area contributed by atoms with Crippen LogP contribution in [-0.2, 0) is 9.47 Å². The summed E-state index contributed by atoms with van der Waals surface area (Å²) in [5.74, 6) is 0.872. The van der Waals surface area contributed by atoms with E-state index >= 15 is 0 Å². The van der Waals surface area contributed by atoms with Crippen molar-refractivity contribution in [3.05, 3.63) is 24.2 Å². The minimum Gasteiger partial charge on any atom is -0.497 e. The van der Waals surface area contributed by atoms with Crippen molar-refractivity contribution in [3.8, 4) is 0 Å². The van der Waals surface area contributed by atoms with Crippen LogP contribution in [-0.4, -0.2) is 13.7 Å². The molecule has 0 fully saturated rings. The molecule has 0 amide bonds. The van der Waals surface area contributed by atoms with Crippen LogP contribution in [0.15, 0.2) is 24.2 Å². The summed E-state index contributed by atoms with van der Waals surface area (Å²) in [5.41, 5.74) is 0. The van der Waals surface area contributed by atoms with Gasteiger partial charge < -0.3 is 9.47 Å². The molecule has 0 radical (unpaired) electrons. The molecule has 0 N–H and O–H groups in total. The molecular formula is C6H8O2. The molecule has 1 heterocycles. The lowest BCUT2D eigenvalue weighted by Crippen LogP contribution is -1.92. The van der Waals surface area contributed by atoms with Gasteiger partial charge in [-0.05, 0) is 6.08 Å². The fourth-order valence-electron chi connectivity index (χ4n) is 0.520. The Morgan fingerprint density at radius 2 is 2.62 bits per heavy atom. The van der Waals surface area contributed by atoms with E-state index in [1.165, 1.54) is 0 Å². The lowest BCUT2D eigenvalue weighted by Gasteiger charge is -2.04. The normalized spacial score (nSPS) is 16.9. The monoisotopic (exact) mass is 112 g/mol. The molecule has 2 heteroatoms. The SMILES string of the molecule is COC1=CCOC=C1. The molecule has 0 aromatic rings. The smallest absolute Gasteiger partial charge is 0.121 e. The largest absolute Gasteiger partial charge is 0.497 e. The van der Waals surface area contributed by atoms with Crippen molar-refractivity contribution in [2.75, 3.05) is 13.7 Å². The number of methoxy groups -OCH3 is 1. The van der Waals surface area contributed by atoms with Crippen molar-refractivity contribution >= 4 is 0 Å². The lowest BCUT2D eigenvalue weighted by atomic mass is 10.4. The number of allylic oxidation sites excluding steroid dienone is 1. The van der Waals surface area contributed by atoms with Gasteiger partial charge in [0.05, 0.1) is 13.4 Å². The molecule has 0 saturated carbocycles. The Kier molecular flexibility index (Phi) is 1.57. The first-order valence-electron chi connectivity index (χ1n) is 2.46.